The molecule has 13 heavy (non-hydrogen) atoms. The van der Waals surface area contributed by atoms with E-state index in [2.05, 4.69) is 4.99 Å². The Morgan fingerprint density at radius 2 is 2.15 bits per heavy atom. The molecule has 0 radical (unpaired) electrons. The summed E-state index contributed by atoms with van der Waals surface area (Å²) in [6.07, 6.45) is 1.29. The lowest BCUT2D eigenvalue weighted by Crippen LogP contribution is -1.95. The molecule has 0 aliphatic rings. The predicted molar refractivity (Wildman–Crippen MR) is 42.9 cm³/mol. The monoisotopic (exact) mass is 183 g/mol. The Morgan fingerprint density at radius 1 is 1.46 bits per heavy atom. The number of hydrogen-bond donors (Lipinski definition) is 0. The van der Waals surface area contributed by atoms with Gasteiger partial charge in [-0.1, -0.05) is 6.07 Å². The molecular formula is C9H7F2NO. The lowest BCUT2D eigenvalue weighted by atomic mass is 10.1. The smallest absolute Gasteiger partial charge is 0.211 e. The fraction of sp³-hybridized carbons (Fsp3) is 0.222. The van der Waals surface area contributed by atoms with Crippen LogP contribution in [0.3, 0.4) is 0 Å². The minimum atomic E-state index is -0.654. The second-order valence-corrected chi connectivity index (χ2v) is 2.55. The average molecular weight is 183 g/mol. The Balaban J connectivity index is 3.10. The molecule has 1 aromatic carbocycles. The molecule has 0 aliphatic heterocycles. The minimum Gasteiger partial charge on any atom is -0.211 e. The standard InChI is InChI=1S/C9H7F2NO/c1-6-8(10)3-2-7(9(6)11)4-12-5-13/h2-3H,4H2,1H3. The van der Waals surface area contributed by atoms with Gasteiger partial charge in [-0.25, -0.2) is 18.6 Å². The number of carbonyl (C=O) groups excluding carboxylic acids is 1. The lowest BCUT2D eigenvalue weighted by Gasteiger charge is -2.02. The van der Waals surface area contributed by atoms with E-state index in [1.807, 2.05) is 0 Å². The normalized spacial score (nSPS) is 9.46. The maximum atomic E-state index is 13.2. The Bertz CT molecular complexity index is 370. The molecule has 4 heteroatoms. The van der Waals surface area contributed by atoms with Crippen molar-refractivity contribution in [1.29, 1.82) is 0 Å². The van der Waals surface area contributed by atoms with Gasteiger partial charge in [0, 0.05) is 11.1 Å². The number of benzene rings is 1. The largest absolute Gasteiger partial charge is 0.235 e. The summed E-state index contributed by atoms with van der Waals surface area (Å²) in [7, 11) is 0. The summed E-state index contributed by atoms with van der Waals surface area (Å²) < 4.78 is 25.9. The number of rotatable bonds is 2. The van der Waals surface area contributed by atoms with Gasteiger partial charge in [0.15, 0.2) is 0 Å². The van der Waals surface area contributed by atoms with E-state index in [9.17, 15) is 13.6 Å². The van der Waals surface area contributed by atoms with Crippen LogP contribution in [0.2, 0.25) is 0 Å². The summed E-state index contributed by atoms with van der Waals surface area (Å²) in [4.78, 5) is 13.0. The van der Waals surface area contributed by atoms with Gasteiger partial charge in [0.1, 0.15) is 11.6 Å². The molecule has 0 unspecified atom stereocenters. The van der Waals surface area contributed by atoms with E-state index in [1.165, 1.54) is 19.1 Å². The van der Waals surface area contributed by atoms with Crippen LogP contribution in [0.1, 0.15) is 11.1 Å². The molecule has 0 aliphatic carbocycles. The minimum absolute atomic E-state index is 0.0569. The molecule has 0 spiro atoms. The summed E-state index contributed by atoms with van der Waals surface area (Å²) in [5.41, 5.74) is 0.140. The zero-order chi connectivity index (χ0) is 9.84. The fourth-order valence-electron chi connectivity index (χ4n) is 0.957. The summed E-state index contributed by atoms with van der Waals surface area (Å²) in [6.45, 7) is 1.23. The second-order valence-electron chi connectivity index (χ2n) is 2.55. The van der Waals surface area contributed by atoms with Crippen molar-refractivity contribution in [2.24, 2.45) is 4.99 Å². The van der Waals surface area contributed by atoms with Gasteiger partial charge >= 0.3 is 0 Å². The van der Waals surface area contributed by atoms with Crippen LogP contribution in [0.5, 0.6) is 0 Å². The highest BCUT2D eigenvalue weighted by molar-refractivity contribution is 5.34. The highest BCUT2D eigenvalue weighted by Gasteiger charge is 2.08. The zero-order valence-corrected chi connectivity index (χ0v) is 6.97. The Hall–Kier alpha value is -1.54. The lowest BCUT2D eigenvalue weighted by molar-refractivity contribution is 0.553. The second kappa shape index (κ2) is 3.92. The van der Waals surface area contributed by atoms with Crippen LogP contribution >= 0.6 is 0 Å². The number of halogens is 2. The topological polar surface area (TPSA) is 29.4 Å². The third kappa shape index (κ3) is 1.98. The van der Waals surface area contributed by atoms with Gasteiger partial charge in [0.25, 0.3) is 0 Å². The van der Waals surface area contributed by atoms with Crippen molar-refractivity contribution in [2.75, 3.05) is 0 Å². The molecule has 0 heterocycles. The van der Waals surface area contributed by atoms with E-state index >= 15 is 0 Å². The third-order valence-electron chi connectivity index (χ3n) is 1.71. The van der Waals surface area contributed by atoms with Crippen molar-refractivity contribution in [3.8, 4) is 0 Å². The van der Waals surface area contributed by atoms with Crippen molar-refractivity contribution in [1.82, 2.24) is 0 Å². The first kappa shape index (κ1) is 9.55. The predicted octanol–water partition coefficient (Wildman–Crippen LogP) is 2.11. The quantitative estimate of drug-likeness (QED) is 0.510. The highest BCUT2D eigenvalue weighted by atomic mass is 19.1. The Labute approximate surface area is 73.9 Å². The molecule has 1 rings (SSSR count). The molecule has 0 saturated carbocycles. The van der Waals surface area contributed by atoms with E-state index in [1.54, 1.807) is 0 Å². The molecule has 0 aromatic heterocycles. The zero-order valence-electron chi connectivity index (χ0n) is 6.97. The van der Waals surface area contributed by atoms with Gasteiger partial charge < -0.3 is 0 Å². The van der Waals surface area contributed by atoms with E-state index in [0.717, 1.165) is 6.07 Å². The first-order valence-corrected chi connectivity index (χ1v) is 3.64. The third-order valence-corrected chi connectivity index (χ3v) is 1.71. The average Bonchev–Trinajstić information content (AvgIpc) is 2.13. The molecule has 68 valence electrons. The number of hydrogen-bond acceptors (Lipinski definition) is 2. The molecule has 0 fully saturated rings. The molecule has 1 aromatic rings. The van der Waals surface area contributed by atoms with Gasteiger partial charge in [0.2, 0.25) is 6.08 Å². The molecule has 0 bridgehead atoms. The van der Waals surface area contributed by atoms with Crippen LogP contribution in [0.4, 0.5) is 8.78 Å². The first-order valence-electron chi connectivity index (χ1n) is 3.64. The summed E-state index contributed by atoms with van der Waals surface area (Å²) in [5.74, 6) is -1.25. The van der Waals surface area contributed by atoms with Crippen molar-refractivity contribution in [3.63, 3.8) is 0 Å². The summed E-state index contributed by atoms with van der Waals surface area (Å²) >= 11 is 0. The molecule has 0 amide bonds. The molecule has 2 nitrogen and oxygen atoms in total. The van der Waals surface area contributed by atoms with Gasteiger partial charge in [-0.3, -0.25) is 0 Å². The van der Waals surface area contributed by atoms with Crippen LogP contribution in [-0.4, -0.2) is 6.08 Å². The van der Waals surface area contributed by atoms with E-state index in [-0.39, 0.29) is 17.7 Å². The molecule has 0 atom stereocenters. The van der Waals surface area contributed by atoms with E-state index < -0.39 is 11.6 Å². The maximum absolute atomic E-state index is 13.2. The SMILES string of the molecule is Cc1c(F)ccc(CN=C=O)c1F. The summed E-state index contributed by atoms with van der Waals surface area (Å²) in [5, 5.41) is 0. The number of aliphatic imine (C=N–C) groups is 1. The van der Waals surface area contributed by atoms with Crippen molar-refractivity contribution >= 4 is 6.08 Å². The molecule has 0 saturated heterocycles. The number of nitrogens with zero attached hydrogens (tertiary/aromatic N) is 1. The van der Waals surface area contributed by atoms with Crippen molar-refractivity contribution in [2.45, 2.75) is 13.5 Å². The van der Waals surface area contributed by atoms with Crippen LogP contribution in [0.25, 0.3) is 0 Å². The van der Waals surface area contributed by atoms with Crippen LogP contribution in [0.15, 0.2) is 17.1 Å². The highest BCUT2D eigenvalue weighted by Crippen LogP contribution is 2.16. The van der Waals surface area contributed by atoms with E-state index in [4.69, 9.17) is 0 Å². The van der Waals surface area contributed by atoms with Gasteiger partial charge in [0.05, 0.1) is 6.54 Å². The maximum Gasteiger partial charge on any atom is 0.235 e. The molecular weight excluding hydrogens is 176 g/mol. The van der Waals surface area contributed by atoms with Gasteiger partial charge in [-0.05, 0) is 13.0 Å². The number of isocyanates is 1. The first-order chi connectivity index (χ1) is 6.16. The van der Waals surface area contributed by atoms with Crippen molar-refractivity contribution < 1.29 is 13.6 Å². The fourth-order valence-corrected chi connectivity index (χ4v) is 0.957. The van der Waals surface area contributed by atoms with Gasteiger partial charge in [-0.15, -0.1) is 0 Å². The van der Waals surface area contributed by atoms with Crippen LogP contribution in [-0.2, 0) is 11.3 Å². The van der Waals surface area contributed by atoms with Gasteiger partial charge in [-0.2, -0.15) is 0 Å². The van der Waals surface area contributed by atoms with Crippen LogP contribution < -0.4 is 0 Å². The van der Waals surface area contributed by atoms with Crippen LogP contribution in [0, 0.1) is 18.6 Å². The van der Waals surface area contributed by atoms with E-state index in [0.29, 0.717) is 0 Å². The Morgan fingerprint density at radius 3 is 2.77 bits per heavy atom. The molecule has 0 N–H and O–H groups in total. The summed E-state index contributed by atoms with van der Waals surface area (Å²) in [6, 6.07) is 2.41. The van der Waals surface area contributed by atoms with Crippen molar-refractivity contribution in [3.05, 3.63) is 34.9 Å². The Kier molecular flexibility index (Phi) is 2.88.